The normalized spacial score (nSPS) is 19.0. The Hall–Kier alpha value is -3.17. The molecule has 188 valence electrons. The van der Waals surface area contributed by atoms with Gasteiger partial charge in [-0.2, -0.15) is 0 Å². The van der Waals surface area contributed by atoms with Crippen molar-refractivity contribution in [2.75, 3.05) is 11.5 Å². The summed E-state index contributed by atoms with van der Waals surface area (Å²) in [6.45, 7) is 3.85. The summed E-state index contributed by atoms with van der Waals surface area (Å²) in [5, 5.41) is 3.49. The molecule has 1 aliphatic rings. The SMILES string of the molecule is CC#C/C=N\c1c(C(C)Nc2ccccc2)ncn1-c1ccc(C2CCC(CP(=O)(O)O)CC2)cc1. The van der Waals surface area contributed by atoms with Crippen LogP contribution in [0.25, 0.3) is 5.69 Å². The Bertz CT molecular complexity index is 1280. The molecule has 1 unspecified atom stereocenters. The van der Waals surface area contributed by atoms with Gasteiger partial charge < -0.3 is 15.1 Å². The Kier molecular flexibility index (Phi) is 8.43. The van der Waals surface area contributed by atoms with Gasteiger partial charge in [0, 0.05) is 11.4 Å². The van der Waals surface area contributed by atoms with Crippen molar-refractivity contribution in [1.29, 1.82) is 0 Å². The number of hydrogen-bond acceptors (Lipinski definition) is 4. The van der Waals surface area contributed by atoms with E-state index in [4.69, 9.17) is 4.98 Å². The first-order valence-electron chi connectivity index (χ1n) is 12.3. The van der Waals surface area contributed by atoms with Crippen molar-refractivity contribution in [2.45, 2.75) is 51.5 Å². The second-order valence-electron chi connectivity index (χ2n) is 9.36. The third kappa shape index (κ3) is 6.73. The van der Waals surface area contributed by atoms with Gasteiger partial charge in [0.1, 0.15) is 12.0 Å². The number of benzene rings is 2. The highest BCUT2D eigenvalue weighted by atomic mass is 31.2. The topological polar surface area (TPSA) is 99.7 Å². The smallest absolute Gasteiger partial charge is 0.325 e. The van der Waals surface area contributed by atoms with Gasteiger partial charge in [-0.15, -0.1) is 5.92 Å². The summed E-state index contributed by atoms with van der Waals surface area (Å²) in [4.78, 5) is 27.9. The van der Waals surface area contributed by atoms with Crippen LogP contribution in [0.1, 0.15) is 62.7 Å². The molecule has 0 spiro atoms. The Balaban J connectivity index is 1.52. The van der Waals surface area contributed by atoms with E-state index in [1.807, 2.05) is 34.9 Å². The molecule has 0 radical (unpaired) electrons. The maximum Gasteiger partial charge on any atom is 0.325 e. The van der Waals surface area contributed by atoms with E-state index in [9.17, 15) is 14.4 Å². The molecule has 7 nitrogen and oxygen atoms in total. The molecule has 3 aromatic rings. The van der Waals surface area contributed by atoms with Crippen molar-refractivity contribution in [1.82, 2.24) is 9.55 Å². The summed E-state index contributed by atoms with van der Waals surface area (Å²) in [6, 6.07) is 18.4. The van der Waals surface area contributed by atoms with Crippen molar-refractivity contribution in [3.8, 4) is 17.5 Å². The number of nitrogens with one attached hydrogen (secondary N) is 1. The van der Waals surface area contributed by atoms with Crippen molar-refractivity contribution in [3.63, 3.8) is 0 Å². The van der Waals surface area contributed by atoms with Crippen LogP contribution >= 0.6 is 7.60 Å². The van der Waals surface area contributed by atoms with Gasteiger partial charge in [-0.05, 0) is 81.2 Å². The lowest BCUT2D eigenvalue weighted by Crippen LogP contribution is -2.16. The first-order valence-corrected chi connectivity index (χ1v) is 14.1. The Morgan fingerprint density at radius 3 is 2.47 bits per heavy atom. The average molecular weight is 505 g/mol. The molecule has 1 fully saturated rings. The van der Waals surface area contributed by atoms with Gasteiger partial charge >= 0.3 is 7.60 Å². The van der Waals surface area contributed by atoms with Crippen molar-refractivity contribution < 1.29 is 14.4 Å². The van der Waals surface area contributed by atoms with Gasteiger partial charge in [-0.25, -0.2) is 9.98 Å². The van der Waals surface area contributed by atoms with Gasteiger partial charge in [0.05, 0.1) is 18.4 Å². The van der Waals surface area contributed by atoms with Crippen LogP contribution in [0, 0.1) is 17.8 Å². The van der Waals surface area contributed by atoms with Gasteiger partial charge in [0.25, 0.3) is 0 Å². The van der Waals surface area contributed by atoms with Crippen LogP contribution in [0.3, 0.4) is 0 Å². The Morgan fingerprint density at radius 2 is 1.83 bits per heavy atom. The van der Waals surface area contributed by atoms with Crippen molar-refractivity contribution in [3.05, 3.63) is 72.2 Å². The summed E-state index contributed by atoms with van der Waals surface area (Å²) in [6.07, 6.45) is 7.02. The highest BCUT2D eigenvalue weighted by Gasteiger charge is 2.27. The summed E-state index contributed by atoms with van der Waals surface area (Å²) >= 11 is 0. The van der Waals surface area contributed by atoms with E-state index >= 15 is 0 Å². The molecule has 0 bridgehead atoms. The van der Waals surface area contributed by atoms with Crippen LogP contribution in [0.5, 0.6) is 0 Å². The number of anilines is 1. The minimum absolute atomic E-state index is 0.00484. The quantitative estimate of drug-likeness (QED) is 0.192. The van der Waals surface area contributed by atoms with Crippen LogP contribution in [-0.4, -0.2) is 31.7 Å². The van der Waals surface area contributed by atoms with Crippen molar-refractivity contribution in [2.24, 2.45) is 10.9 Å². The minimum atomic E-state index is -3.94. The summed E-state index contributed by atoms with van der Waals surface area (Å²) in [7, 11) is -3.94. The molecule has 0 saturated heterocycles. The lowest BCUT2D eigenvalue weighted by atomic mass is 9.79. The molecule has 1 aromatic heterocycles. The highest BCUT2D eigenvalue weighted by molar-refractivity contribution is 7.51. The fraction of sp³-hybridized carbons (Fsp3) is 0.357. The van der Waals surface area contributed by atoms with Crippen LogP contribution in [0.2, 0.25) is 0 Å². The second-order valence-corrected chi connectivity index (χ2v) is 11.1. The maximum atomic E-state index is 11.3. The fourth-order valence-electron chi connectivity index (χ4n) is 4.91. The van der Waals surface area contributed by atoms with Gasteiger partial charge in [0.2, 0.25) is 0 Å². The molecule has 4 rings (SSSR count). The maximum absolute atomic E-state index is 11.3. The first kappa shape index (κ1) is 25.9. The molecule has 0 aliphatic heterocycles. The van der Waals surface area contributed by atoms with Gasteiger partial charge in [0.15, 0.2) is 5.82 Å². The van der Waals surface area contributed by atoms with E-state index in [0.29, 0.717) is 5.92 Å². The fourth-order valence-corrected chi connectivity index (χ4v) is 5.95. The average Bonchev–Trinajstić information content (AvgIpc) is 3.28. The second kappa shape index (κ2) is 11.7. The molecule has 1 atom stereocenters. The zero-order valence-corrected chi connectivity index (χ0v) is 21.6. The number of rotatable bonds is 8. The molecule has 3 N–H and O–H groups in total. The van der Waals surface area contributed by atoms with E-state index in [1.54, 1.807) is 19.5 Å². The zero-order chi connectivity index (χ0) is 25.5. The Labute approximate surface area is 212 Å². The van der Waals surface area contributed by atoms with Crippen LogP contribution in [-0.2, 0) is 4.57 Å². The first-order chi connectivity index (χ1) is 17.3. The standard InChI is InChI=1S/C28H33N4O3P/c1-3-4-18-29-28-27(21(2)31-25-8-6-5-7-9-25)30-20-32(28)26-16-14-24(15-17-26)23-12-10-22(11-13-23)19-36(33,34)35/h5-9,14-18,20-23,31H,10-13,19H2,1-2H3,(H2,33,34,35)/b29-18-. The number of para-hydroxylation sites is 1. The number of hydrogen-bond donors (Lipinski definition) is 3. The minimum Gasteiger partial charge on any atom is -0.377 e. The number of aromatic nitrogens is 2. The molecule has 2 aromatic carbocycles. The largest absolute Gasteiger partial charge is 0.377 e. The number of imidazole rings is 1. The monoisotopic (exact) mass is 504 g/mol. The van der Waals surface area contributed by atoms with E-state index in [1.165, 1.54) is 5.56 Å². The van der Waals surface area contributed by atoms with E-state index in [0.717, 1.165) is 48.6 Å². The van der Waals surface area contributed by atoms with Gasteiger partial charge in [-0.3, -0.25) is 9.13 Å². The molecule has 36 heavy (non-hydrogen) atoms. The lowest BCUT2D eigenvalue weighted by Gasteiger charge is -2.29. The number of aliphatic imine (C=N–C) groups is 1. The van der Waals surface area contributed by atoms with Gasteiger partial charge in [-0.1, -0.05) is 36.3 Å². The molecule has 1 aliphatic carbocycles. The third-order valence-corrected chi connectivity index (χ3v) is 7.71. The lowest BCUT2D eigenvalue weighted by molar-refractivity contribution is 0.316. The predicted molar refractivity (Wildman–Crippen MR) is 145 cm³/mol. The Morgan fingerprint density at radius 1 is 1.14 bits per heavy atom. The predicted octanol–water partition coefficient (Wildman–Crippen LogP) is 6.22. The van der Waals surface area contributed by atoms with E-state index in [-0.39, 0.29) is 18.1 Å². The van der Waals surface area contributed by atoms with Crippen LogP contribution in [0.15, 0.2) is 65.9 Å². The molecular formula is C28H33N4O3P. The zero-order valence-electron chi connectivity index (χ0n) is 20.7. The molecule has 1 saturated carbocycles. The molecule has 8 heteroatoms. The van der Waals surface area contributed by atoms with E-state index in [2.05, 4.69) is 53.3 Å². The molecule has 0 amide bonds. The summed E-state index contributed by atoms with van der Waals surface area (Å²) in [5.41, 5.74) is 4.08. The summed E-state index contributed by atoms with van der Waals surface area (Å²) < 4.78 is 13.3. The highest BCUT2D eigenvalue weighted by Crippen LogP contribution is 2.44. The van der Waals surface area contributed by atoms with Crippen LogP contribution in [0.4, 0.5) is 11.5 Å². The van der Waals surface area contributed by atoms with Crippen molar-refractivity contribution >= 4 is 25.3 Å². The number of nitrogens with zero attached hydrogens (tertiary/aromatic N) is 3. The molecular weight excluding hydrogens is 471 g/mol. The third-order valence-electron chi connectivity index (χ3n) is 6.72. The van der Waals surface area contributed by atoms with Crippen LogP contribution < -0.4 is 5.32 Å². The molecule has 1 heterocycles. The van der Waals surface area contributed by atoms with E-state index < -0.39 is 7.60 Å². The summed E-state index contributed by atoms with van der Waals surface area (Å²) in [5.74, 6) is 7.01.